The van der Waals surface area contributed by atoms with E-state index in [1.165, 1.54) is 12.1 Å². The number of nitrogens with two attached hydrogens (primary N) is 1. The van der Waals surface area contributed by atoms with Gasteiger partial charge >= 0.3 is 0 Å². The van der Waals surface area contributed by atoms with Gasteiger partial charge in [-0.05, 0) is 29.7 Å². The Labute approximate surface area is 122 Å². The lowest BCUT2D eigenvalue weighted by Gasteiger charge is -2.29. The Kier molecular flexibility index (Phi) is 3.58. The lowest BCUT2D eigenvalue weighted by molar-refractivity contribution is -0.122. The fourth-order valence-electron chi connectivity index (χ4n) is 2.83. The Morgan fingerprint density at radius 2 is 2.00 bits per heavy atom. The molecule has 0 aliphatic carbocycles. The highest BCUT2D eigenvalue weighted by Gasteiger charge is 2.32. The second-order valence-electron chi connectivity index (χ2n) is 5.04. The minimum Gasteiger partial charge on any atom is -0.355 e. The zero-order valence-corrected chi connectivity index (χ0v) is 11.4. The molecule has 4 nitrogen and oxygen atoms in total. The van der Waals surface area contributed by atoms with Gasteiger partial charge in [0.05, 0.1) is 0 Å². The van der Waals surface area contributed by atoms with Crippen LogP contribution < -0.4 is 16.2 Å². The number of halogens is 1. The quantitative estimate of drug-likeness (QED) is 0.514. The predicted octanol–water partition coefficient (Wildman–Crippen LogP) is 1.92. The molecule has 3 N–H and O–H groups in total. The number of anilines is 1. The van der Waals surface area contributed by atoms with Gasteiger partial charge in [0.1, 0.15) is 11.9 Å². The zero-order chi connectivity index (χ0) is 14.8. The Hall–Kier alpha value is -2.40. The Morgan fingerprint density at radius 3 is 2.71 bits per heavy atom. The van der Waals surface area contributed by atoms with E-state index in [4.69, 9.17) is 5.84 Å². The van der Waals surface area contributed by atoms with Crippen LogP contribution in [0.2, 0.25) is 0 Å². The predicted molar refractivity (Wildman–Crippen MR) is 79.0 cm³/mol. The van der Waals surface area contributed by atoms with E-state index in [2.05, 4.69) is 5.43 Å². The molecule has 0 radical (unpaired) electrons. The van der Waals surface area contributed by atoms with E-state index in [-0.39, 0.29) is 11.7 Å². The first kappa shape index (κ1) is 13.6. The van der Waals surface area contributed by atoms with Crippen LogP contribution in [0.15, 0.2) is 48.5 Å². The third-order valence-electron chi connectivity index (χ3n) is 3.80. The van der Waals surface area contributed by atoms with Crippen LogP contribution >= 0.6 is 0 Å². The van der Waals surface area contributed by atoms with Gasteiger partial charge in [-0.2, -0.15) is 0 Å². The van der Waals surface area contributed by atoms with Crippen LogP contribution in [0.5, 0.6) is 0 Å². The van der Waals surface area contributed by atoms with Gasteiger partial charge in [-0.3, -0.25) is 10.2 Å². The van der Waals surface area contributed by atoms with Crippen molar-refractivity contribution in [3.63, 3.8) is 0 Å². The van der Waals surface area contributed by atoms with E-state index in [1.807, 2.05) is 35.2 Å². The number of fused-ring (bicyclic) bond motifs is 1. The fourth-order valence-corrected chi connectivity index (χ4v) is 2.83. The second-order valence-corrected chi connectivity index (χ2v) is 5.04. The van der Waals surface area contributed by atoms with E-state index < -0.39 is 6.04 Å². The SMILES string of the molecule is NNC(=O)C(c1ccccc1)N1CCc2ccc(F)cc21. The molecule has 0 aromatic heterocycles. The molecule has 108 valence electrons. The molecule has 1 amide bonds. The van der Waals surface area contributed by atoms with E-state index in [0.717, 1.165) is 23.2 Å². The molecule has 2 aromatic rings. The van der Waals surface area contributed by atoms with E-state index in [9.17, 15) is 9.18 Å². The van der Waals surface area contributed by atoms with Crippen LogP contribution in [-0.2, 0) is 11.2 Å². The molecule has 5 heteroatoms. The summed E-state index contributed by atoms with van der Waals surface area (Å²) in [5, 5.41) is 0. The molecule has 1 unspecified atom stereocenters. The molecule has 0 saturated heterocycles. The first-order valence-corrected chi connectivity index (χ1v) is 6.81. The second kappa shape index (κ2) is 5.54. The molecule has 0 saturated carbocycles. The fraction of sp³-hybridized carbons (Fsp3) is 0.188. The van der Waals surface area contributed by atoms with Crippen molar-refractivity contribution < 1.29 is 9.18 Å². The van der Waals surface area contributed by atoms with Gasteiger partial charge in [-0.1, -0.05) is 36.4 Å². The van der Waals surface area contributed by atoms with Crippen LogP contribution in [-0.4, -0.2) is 12.5 Å². The molecule has 1 atom stereocenters. The third kappa shape index (κ3) is 2.48. The van der Waals surface area contributed by atoms with Gasteiger partial charge in [0.15, 0.2) is 0 Å². The van der Waals surface area contributed by atoms with Crippen molar-refractivity contribution >= 4 is 11.6 Å². The maximum Gasteiger partial charge on any atom is 0.261 e. The summed E-state index contributed by atoms with van der Waals surface area (Å²) in [6.45, 7) is 0.658. The Bertz CT molecular complexity index is 660. The summed E-state index contributed by atoms with van der Waals surface area (Å²) in [5.41, 5.74) is 4.84. The van der Waals surface area contributed by atoms with Crippen molar-refractivity contribution in [1.82, 2.24) is 5.43 Å². The van der Waals surface area contributed by atoms with Crippen LogP contribution in [0, 0.1) is 5.82 Å². The number of nitrogens with one attached hydrogen (secondary N) is 1. The highest BCUT2D eigenvalue weighted by atomic mass is 19.1. The van der Waals surface area contributed by atoms with E-state index >= 15 is 0 Å². The molecule has 0 spiro atoms. The summed E-state index contributed by atoms with van der Waals surface area (Å²) in [4.78, 5) is 14.1. The van der Waals surface area contributed by atoms with Crippen molar-refractivity contribution in [2.24, 2.45) is 5.84 Å². The monoisotopic (exact) mass is 285 g/mol. The number of hydrazine groups is 1. The molecule has 2 aromatic carbocycles. The lowest BCUT2D eigenvalue weighted by atomic mass is 10.0. The smallest absolute Gasteiger partial charge is 0.261 e. The van der Waals surface area contributed by atoms with Gasteiger partial charge < -0.3 is 4.90 Å². The van der Waals surface area contributed by atoms with Gasteiger partial charge in [0, 0.05) is 12.2 Å². The zero-order valence-electron chi connectivity index (χ0n) is 11.4. The molecule has 1 aliphatic heterocycles. The van der Waals surface area contributed by atoms with Crippen molar-refractivity contribution in [2.45, 2.75) is 12.5 Å². The number of hydrogen-bond donors (Lipinski definition) is 2. The largest absolute Gasteiger partial charge is 0.355 e. The molecule has 0 fully saturated rings. The highest BCUT2D eigenvalue weighted by Crippen LogP contribution is 2.35. The van der Waals surface area contributed by atoms with Crippen molar-refractivity contribution in [2.75, 3.05) is 11.4 Å². The molecular weight excluding hydrogens is 269 g/mol. The van der Waals surface area contributed by atoms with Gasteiger partial charge in [0.2, 0.25) is 0 Å². The maximum atomic E-state index is 13.5. The summed E-state index contributed by atoms with van der Waals surface area (Å²) in [7, 11) is 0. The van der Waals surface area contributed by atoms with Crippen LogP contribution in [0.1, 0.15) is 17.2 Å². The average Bonchev–Trinajstić information content (AvgIpc) is 2.91. The minimum absolute atomic E-state index is 0.305. The van der Waals surface area contributed by atoms with Crippen LogP contribution in [0.25, 0.3) is 0 Å². The molecule has 1 heterocycles. The number of benzene rings is 2. The Morgan fingerprint density at radius 1 is 1.24 bits per heavy atom. The van der Waals surface area contributed by atoms with Crippen LogP contribution in [0.4, 0.5) is 10.1 Å². The molecule has 21 heavy (non-hydrogen) atoms. The topological polar surface area (TPSA) is 58.4 Å². The number of carbonyl (C=O) groups excluding carboxylic acids is 1. The molecule has 3 rings (SSSR count). The molecule has 1 aliphatic rings. The first-order chi connectivity index (χ1) is 10.2. The normalized spacial score (nSPS) is 14.7. The minimum atomic E-state index is -0.556. The summed E-state index contributed by atoms with van der Waals surface area (Å²) in [6.07, 6.45) is 0.788. The molecule has 0 bridgehead atoms. The number of hydrogen-bond acceptors (Lipinski definition) is 3. The standard InChI is InChI=1S/C16H16FN3O/c17-13-7-6-11-8-9-20(14(11)10-13)15(16(21)19-18)12-4-2-1-3-5-12/h1-7,10,15H,8-9,18H2,(H,19,21). The summed E-state index contributed by atoms with van der Waals surface area (Å²) < 4.78 is 13.5. The van der Waals surface area contributed by atoms with E-state index in [0.29, 0.717) is 6.54 Å². The van der Waals surface area contributed by atoms with Crippen molar-refractivity contribution in [3.05, 3.63) is 65.5 Å². The van der Waals surface area contributed by atoms with Crippen LogP contribution in [0.3, 0.4) is 0 Å². The van der Waals surface area contributed by atoms with Crippen molar-refractivity contribution in [1.29, 1.82) is 0 Å². The van der Waals surface area contributed by atoms with Gasteiger partial charge in [0.25, 0.3) is 5.91 Å². The third-order valence-corrected chi connectivity index (χ3v) is 3.80. The summed E-state index contributed by atoms with van der Waals surface area (Å²) in [6, 6.07) is 13.5. The van der Waals surface area contributed by atoms with E-state index in [1.54, 1.807) is 6.07 Å². The van der Waals surface area contributed by atoms with Gasteiger partial charge in [-0.25, -0.2) is 10.2 Å². The first-order valence-electron chi connectivity index (χ1n) is 6.81. The Balaban J connectivity index is 2.04. The lowest BCUT2D eigenvalue weighted by Crippen LogP contribution is -2.43. The average molecular weight is 285 g/mol. The number of nitrogens with zero attached hydrogens (tertiary/aromatic N) is 1. The highest BCUT2D eigenvalue weighted by molar-refractivity contribution is 5.87. The number of amides is 1. The van der Waals surface area contributed by atoms with Crippen molar-refractivity contribution in [3.8, 4) is 0 Å². The number of carbonyl (C=O) groups is 1. The maximum absolute atomic E-state index is 13.5. The summed E-state index contributed by atoms with van der Waals surface area (Å²) >= 11 is 0. The van der Waals surface area contributed by atoms with Gasteiger partial charge in [-0.15, -0.1) is 0 Å². The molecular formula is C16H16FN3O. The summed E-state index contributed by atoms with van der Waals surface area (Å²) in [5.74, 6) is 4.72. The number of rotatable bonds is 3.